The van der Waals surface area contributed by atoms with E-state index in [2.05, 4.69) is 0 Å². The molecule has 200 valence electrons. The average Bonchev–Trinajstić information content (AvgIpc) is 2.93. The largest absolute Gasteiger partial charge is 0.497 e. The third kappa shape index (κ3) is 7.18. The number of carbonyl (C=O) groups excluding carboxylic acids is 2. The van der Waals surface area contributed by atoms with Crippen molar-refractivity contribution in [3.63, 3.8) is 0 Å². The summed E-state index contributed by atoms with van der Waals surface area (Å²) in [7, 11) is 3.48. The molecule has 2 aliphatic rings. The van der Waals surface area contributed by atoms with E-state index in [1.54, 1.807) is 18.1 Å². The van der Waals surface area contributed by atoms with Crippen molar-refractivity contribution in [2.24, 2.45) is 0 Å². The molecule has 7 nitrogen and oxygen atoms in total. The van der Waals surface area contributed by atoms with Crippen LogP contribution in [0.2, 0.25) is 0 Å². The Balaban J connectivity index is 1.56. The van der Waals surface area contributed by atoms with Gasteiger partial charge >= 0.3 is 0 Å². The highest BCUT2D eigenvalue weighted by atomic mass is 16.5. The van der Waals surface area contributed by atoms with Crippen molar-refractivity contribution < 1.29 is 23.8 Å². The molecule has 0 unspecified atom stereocenters. The number of rotatable bonds is 4. The molecule has 2 aromatic rings. The van der Waals surface area contributed by atoms with E-state index in [-0.39, 0.29) is 30.6 Å². The van der Waals surface area contributed by atoms with E-state index in [1.807, 2.05) is 54.4 Å². The predicted octanol–water partition coefficient (Wildman–Crippen LogP) is 5.33. The number of hydrogen-bond acceptors (Lipinski definition) is 5. The maximum Gasteiger partial charge on any atom is 0.260 e. The second-order valence-corrected chi connectivity index (χ2v) is 10.1. The fourth-order valence-corrected chi connectivity index (χ4v) is 5.34. The van der Waals surface area contributed by atoms with E-state index in [9.17, 15) is 9.59 Å². The third-order valence-corrected chi connectivity index (χ3v) is 7.43. The normalized spacial score (nSPS) is 21.5. The second-order valence-electron chi connectivity index (χ2n) is 10.1. The molecule has 4 rings (SSSR count). The van der Waals surface area contributed by atoms with Gasteiger partial charge in [0.1, 0.15) is 23.4 Å². The molecule has 0 bridgehead atoms. The molecule has 1 aliphatic carbocycles. The lowest BCUT2D eigenvalue weighted by Crippen LogP contribution is -2.52. The number of hydrogen-bond donors (Lipinski definition) is 0. The number of para-hydroxylation sites is 1. The smallest absolute Gasteiger partial charge is 0.260 e. The predicted molar refractivity (Wildman–Crippen MR) is 143 cm³/mol. The lowest BCUT2D eigenvalue weighted by Gasteiger charge is -2.40. The SMILES string of the molecule is COc1cccc(OCC(=O)N2CCCCCCCN(C)C(=O)c3ccccc3O[C@H]3CCCC[C@H]32)c1. The van der Waals surface area contributed by atoms with Gasteiger partial charge in [0, 0.05) is 26.2 Å². The van der Waals surface area contributed by atoms with Crippen molar-refractivity contribution in [1.82, 2.24) is 9.80 Å². The van der Waals surface area contributed by atoms with Crippen LogP contribution in [0, 0.1) is 0 Å². The molecule has 2 atom stereocenters. The Kier molecular flexibility index (Phi) is 9.69. The highest BCUT2D eigenvalue weighted by molar-refractivity contribution is 5.96. The molecule has 0 saturated heterocycles. The lowest BCUT2D eigenvalue weighted by molar-refractivity contribution is -0.139. The van der Waals surface area contributed by atoms with E-state index in [1.165, 1.54) is 0 Å². The quantitative estimate of drug-likeness (QED) is 0.559. The van der Waals surface area contributed by atoms with Crippen LogP contribution in [0.4, 0.5) is 0 Å². The number of amides is 2. The summed E-state index contributed by atoms with van der Waals surface area (Å²) in [5, 5.41) is 0. The van der Waals surface area contributed by atoms with E-state index in [0.717, 1.165) is 64.3 Å². The van der Waals surface area contributed by atoms with Gasteiger partial charge in [0.05, 0.1) is 18.7 Å². The van der Waals surface area contributed by atoms with Crippen molar-refractivity contribution in [2.75, 3.05) is 33.9 Å². The number of benzene rings is 2. The van der Waals surface area contributed by atoms with Gasteiger partial charge in [-0.25, -0.2) is 0 Å². The fourth-order valence-electron chi connectivity index (χ4n) is 5.34. The van der Waals surface area contributed by atoms with Gasteiger partial charge < -0.3 is 24.0 Å². The Hall–Kier alpha value is -3.22. The maximum atomic E-state index is 13.6. The van der Waals surface area contributed by atoms with Crippen LogP contribution in [0.1, 0.15) is 68.1 Å². The number of methoxy groups -OCH3 is 1. The molecule has 1 heterocycles. The molecule has 2 amide bonds. The lowest BCUT2D eigenvalue weighted by atomic mass is 9.90. The summed E-state index contributed by atoms with van der Waals surface area (Å²) in [4.78, 5) is 30.6. The Morgan fingerprint density at radius 3 is 2.49 bits per heavy atom. The van der Waals surface area contributed by atoms with E-state index in [0.29, 0.717) is 29.4 Å². The minimum absolute atomic E-state index is 0.0162. The van der Waals surface area contributed by atoms with Crippen molar-refractivity contribution in [1.29, 1.82) is 0 Å². The fraction of sp³-hybridized carbons (Fsp3) is 0.533. The standard InChI is InChI=1S/C30H40N2O5/c1-31-19-10-4-3-5-11-20-32(29(33)22-36-24-14-12-13-23(21-24)35-2)26-16-7-9-18-28(26)37-27-17-8-6-15-25(27)30(31)34/h6,8,12-15,17,21,26,28H,3-5,7,9-11,16,18-20,22H2,1-2H3/t26-,28+/m1/s1. The zero-order valence-electron chi connectivity index (χ0n) is 22.2. The highest BCUT2D eigenvalue weighted by Crippen LogP contribution is 2.31. The van der Waals surface area contributed by atoms with Crippen molar-refractivity contribution in [2.45, 2.75) is 69.9 Å². The van der Waals surface area contributed by atoms with Crippen LogP contribution < -0.4 is 14.2 Å². The summed E-state index contributed by atoms with van der Waals surface area (Å²) in [5.41, 5.74) is 0.587. The number of nitrogens with zero attached hydrogens (tertiary/aromatic N) is 2. The molecule has 7 heteroatoms. The minimum Gasteiger partial charge on any atom is -0.497 e. The van der Waals surface area contributed by atoms with Gasteiger partial charge in [-0.15, -0.1) is 0 Å². The summed E-state index contributed by atoms with van der Waals surface area (Å²) in [5.74, 6) is 1.86. The first-order valence-corrected chi connectivity index (χ1v) is 13.6. The van der Waals surface area contributed by atoms with E-state index < -0.39 is 0 Å². The zero-order chi connectivity index (χ0) is 26.0. The zero-order valence-corrected chi connectivity index (χ0v) is 22.2. The second kappa shape index (κ2) is 13.4. The van der Waals surface area contributed by atoms with Crippen LogP contribution in [0.5, 0.6) is 17.2 Å². The summed E-state index contributed by atoms with van der Waals surface area (Å²) >= 11 is 0. The molecule has 2 aromatic carbocycles. The molecule has 0 spiro atoms. The summed E-state index contributed by atoms with van der Waals surface area (Å²) in [6.45, 7) is 1.38. The van der Waals surface area contributed by atoms with Crippen molar-refractivity contribution in [3.8, 4) is 17.2 Å². The molecule has 1 fully saturated rings. The summed E-state index contributed by atoms with van der Waals surface area (Å²) in [6, 6.07) is 14.8. The van der Waals surface area contributed by atoms with Gasteiger partial charge in [0.15, 0.2) is 6.61 Å². The Labute approximate surface area is 220 Å². The summed E-state index contributed by atoms with van der Waals surface area (Å²) in [6.07, 6.45) is 8.77. The molecular weight excluding hydrogens is 468 g/mol. The highest BCUT2D eigenvalue weighted by Gasteiger charge is 2.35. The van der Waals surface area contributed by atoms with Crippen molar-refractivity contribution >= 4 is 11.8 Å². The van der Waals surface area contributed by atoms with Gasteiger partial charge in [0.2, 0.25) is 0 Å². The molecule has 1 aliphatic heterocycles. The van der Waals surface area contributed by atoms with Crippen LogP contribution in [-0.4, -0.2) is 67.6 Å². The Bertz CT molecular complexity index is 1040. The van der Waals surface area contributed by atoms with E-state index in [4.69, 9.17) is 14.2 Å². The van der Waals surface area contributed by atoms with Gasteiger partial charge in [-0.05, 0) is 56.4 Å². The first-order valence-electron chi connectivity index (χ1n) is 13.6. The molecular formula is C30H40N2O5. The van der Waals surface area contributed by atoms with Gasteiger partial charge in [0.25, 0.3) is 11.8 Å². The number of carbonyl (C=O) groups is 2. The maximum absolute atomic E-state index is 13.6. The van der Waals surface area contributed by atoms with E-state index >= 15 is 0 Å². The van der Waals surface area contributed by atoms with Gasteiger partial charge in [-0.3, -0.25) is 9.59 Å². The molecule has 1 saturated carbocycles. The van der Waals surface area contributed by atoms with Gasteiger partial charge in [-0.2, -0.15) is 0 Å². The topological polar surface area (TPSA) is 68.3 Å². The summed E-state index contributed by atoms with van der Waals surface area (Å²) < 4.78 is 17.7. The van der Waals surface area contributed by atoms with Crippen LogP contribution >= 0.6 is 0 Å². The number of fused-ring (bicyclic) bond motifs is 2. The average molecular weight is 509 g/mol. The number of ether oxygens (including phenoxy) is 3. The molecule has 0 radical (unpaired) electrons. The monoisotopic (exact) mass is 508 g/mol. The first-order chi connectivity index (χ1) is 18.1. The first kappa shape index (κ1) is 26.8. The van der Waals surface area contributed by atoms with Crippen LogP contribution in [0.25, 0.3) is 0 Å². The molecule has 0 N–H and O–H groups in total. The van der Waals surface area contributed by atoms with Crippen molar-refractivity contribution in [3.05, 3.63) is 54.1 Å². The third-order valence-electron chi connectivity index (χ3n) is 7.43. The van der Waals surface area contributed by atoms with Crippen LogP contribution in [0.3, 0.4) is 0 Å². The molecule has 37 heavy (non-hydrogen) atoms. The Morgan fingerprint density at radius 2 is 1.65 bits per heavy atom. The van der Waals surface area contributed by atoms with Crippen LogP contribution in [0.15, 0.2) is 48.5 Å². The minimum atomic E-state index is -0.168. The van der Waals surface area contributed by atoms with Crippen LogP contribution in [-0.2, 0) is 4.79 Å². The Morgan fingerprint density at radius 1 is 0.919 bits per heavy atom. The molecule has 0 aromatic heterocycles. The van der Waals surface area contributed by atoms with Gasteiger partial charge in [-0.1, -0.05) is 43.9 Å².